The highest BCUT2D eigenvalue weighted by Gasteiger charge is 2.24. The second-order valence-electron chi connectivity index (χ2n) is 4.24. The second kappa shape index (κ2) is 5.54. The molecule has 0 saturated carbocycles. The molecule has 1 heterocycles. The lowest BCUT2D eigenvalue weighted by Gasteiger charge is -2.14. The van der Waals surface area contributed by atoms with Crippen LogP contribution in [0.3, 0.4) is 0 Å². The van der Waals surface area contributed by atoms with Gasteiger partial charge in [0.15, 0.2) is 0 Å². The fraction of sp³-hybridized carbons (Fsp3) is 0.462. The first-order valence-electron chi connectivity index (χ1n) is 5.89. The van der Waals surface area contributed by atoms with Crippen LogP contribution in [0.2, 0.25) is 0 Å². The van der Waals surface area contributed by atoms with Crippen LogP contribution in [0.15, 0.2) is 22.7 Å². The molecule has 1 aromatic carbocycles. The van der Waals surface area contributed by atoms with Gasteiger partial charge in [-0.3, -0.25) is 4.90 Å². The van der Waals surface area contributed by atoms with Crippen molar-refractivity contribution in [3.8, 4) is 0 Å². The largest absolute Gasteiger partial charge is 0.449 e. The summed E-state index contributed by atoms with van der Waals surface area (Å²) in [5, 5.41) is 0. The Balaban J connectivity index is 1.93. The van der Waals surface area contributed by atoms with Crippen molar-refractivity contribution in [3.63, 3.8) is 0 Å². The van der Waals surface area contributed by atoms with Crippen molar-refractivity contribution < 1.29 is 9.53 Å². The van der Waals surface area contributed by atoms with E-state index < -0.39 is 0 Å². The van der Waals surface area contributed by atoms with Crippen LogP contribution in [0.4, 0.5) is 4.79 Å². The molecule has 1 amide bonds. The number of benzene rings is 1. The molecule has 1 aromatic rings. The van der Waals surface area contributed by atoms with Crippen LogP contribution in [0.1, 0.15) is 30.9 Å². The summed E-state index contributed by atoms with van der Waals surface area (Å²) in [5.41, 5.74) is 2.41. The van der Waals surface area contributed by atoms with Crippen LogP contribution in [-0.2, 0) is 17.8 Å². The number of ether oxygens (including phenoxy) is 1. The van der Waals surface area contributed by atoms with Crippen LogP contribution in [0.25, 0.3) is 0 Å². The van der Waals surface area contributed by atoms with E-state index >= 15 is 0 Å². The fourth-order valence-corrected chi connectivity index (χ4v) is 2.30. The maximum Gasteiger partial charge on any atom is 0.410 e. The fourth-order valence-electron chi connectivity index (χ4n) is 1.89. The first-order valence-corrected chi connectivity index (χ1v) is 6.69. The highest BCUT2D eigenvalue weighted by molar-refractivity contribution is 9.10. The first kappa shape index (κ1) is 12.4. The molecule has 1 aliphatic rings. The van der Waals surface area contributed by atoms with E-state index in [-0.39, 0.29) is 6.09 Å². The highest BCUT2D eigenvalue weighted by atomic mass is 79.9. The molecule has 0 bridgehead atoms. The number of carbonyl (C=O) groups excluding carboxylic acids is 1. The Hall–Kier alpha value is -1.03. The van der Waals surface area contributed by atoms with Crippen molar-refractivity contribution >= 4 is 22.0 Å². The molecule has 0 saturated heterocycles. The Morgan fingerprint density at radius 3 is 2.94 bits per heavy atom. The Bertz CT molecular complexity index is 420. The zero-order chi connectivity index (χ0) is 12.3. The van der Waals surface area contributed by atoms with Crippen molar-refractivity contribution in [2.24, 2.45) is 0 Å². The monoisotopic (exact) mass is 297 g/mol. The lowest BCUT2D eigenvalue weighted by Crippen LogP contribution is -2.26. The third-order valence-corrected chi connectivity index (χ3v) is 3.37. The molecule has 2 rings (SSSR count). The molecule has 0 aromatic heterocycles. The minimum atomic E-state index is -0.203. The van der Waals surface area contributed by atoms with Crippen LogP contribution in [0.5, 0.6) is 0 Å². The number of halogens is 1. The molecule has 0 unspecified atom stereocenters. The molecule has 0 spiro atoms. The van der Waals surface area contributed by atoms with Gasteiger partial charge >= 0.3 is 6.09 Å². The van der Waals surface area contributed by atoms with Gasteiger partial charge in [0.2, 0.25) is 0 Å². The summed E-state index contributed by atoms with van der Waals surface area (Å²) in [6.07, 6.45) is 1.77. The summed E-state index contributed by atoms with van der Waals surface area (Å²) in [4.78, 5) is 13.5. The molecule has 3 nitrogen and oxygen atoms in total. The Morgan fingerprint density at radius 1 is 1.41 bits per heavy atom. The van der Waals surface area contributed by atoms with Crippen molar-refractivity contribution in [1.29, 1.82) is 0 Å². The van der Waals surface area contributed by atoms with Crippen molar-refractivity contribution in [2.75, 3.05) is 6.61 Å². The number of unbranched alkanes of at least 4 members (excludes halogenated alkanes) is 1. The van der Waals surface area contributed by atoms with E-state index in [9.17, 15) is 4.79 Å². The van der Waals surface area contributed by atoms with Crippen LogP contribution < -0.4 is 0 Å². The van der Waals surface area contributed by atoms with Gasteiger partial charge in [0.25, 0.3) is 0 Å². The molecular formula is C13H16BrNO2. The molecule has 0 aliphatic carbocycles. The number of carbonyl (C=O) groups is 1. The lowest BCUT2D eigenvalue weighted by molar-refractivity contribution is 0.100. The van der Waals surface area contributed by atoms with Crippen LogP contribution in [-0.4, -0.2) is 17.6 Å². The third kappa shape index (κ3) is 3.00. The number of rotatable bonds is 3. The molecule has 0 atom stereocenters. The molecule has 0 fully saturated rings. The normalized spacial score (nSPS) is 13.6. The zero-order valence-corrected chi connectivity index (χ0v) is 11.5. The third-order valence-electron chi connectivity index (χ3n) is 2.87. The number of nitrogens with zero attached hydrogens (tertiary/aromatic N) is 1. The van der Waals surface area contributed by atoms with Gasteiger partial charge in [-0.2, -0.15) is 0 Å². The molecule has 92 valence electrons. The molecule has 0 radical (unpaired) electrons. The second-order valence-corrected chi connectivity index (χ2v) is 5.15. The van der Waals surface area contributed by atoms with Gasteiger partial charge in [-0.15, -0.1) is 0 Å². The van der Waals surface area contributed by atoms with E-state index in [2.05, 4.69) is 35.0 Å². The van der Waals surface area contributed by atoms with Crippen LogP contribution >= 0.6 is 15.9 Å². The predicted octanol–water partition coefficient (Wildman–Crippen LogP) is 3.70. The van der Waals surface area contributed by atoms with E-state index in [0.29, 0.717) is 19.7 Å². The predicted molar refractivity (Wildman–Crippen MR) is 69.6 cm³/mol. The summed E-state index contributed by atoms with van der Waals surface area (Å²) >= 11 is 3.44. The summed E-state index contributed by atoms with van der Waals surface area (Å²) in [5.74, 6) is 0. The number of hydrogen-bond acceptors (Lipinski definition) is 2. The quantitative estimate of drug-likeness (QED) is 0.796. The average molecular weight is 298 g/mol. The number of amides is 1. The standard InChI is InChI=1S/C13H16BrNO2/c1-2-3-6-17-13(16)15-8-10-4-5-12(14)7-11(10)9-15/h4-5,7H,2-3,6,8-9H2,1H3. The smallest absolute Gasteiger partial charge is 0.410 e. The van der Waals surface area contributed by atoms with Gasteiger partial charge in [0.1, 0.15) is 0 Å². The van der Waals surface area contributed by atoms with E-state index in [1.165, 1.54) is 11.1 Å². The highest BCUT2D eigenvalue weighted by Crippen LogP contribution is 2.26. The molecular weight excluding hydrogens is 282 g/mol. The maximum absolute atomic E-state index is 11.8. The van der Waals surface area contributed by atoms with Gasteiger partial charge in [-0.05, 0) is 29.7 Å². The minimum Gasteiger partial charge on any atom is -0.449 e. The topological polar surface area (TPSA) is 29.5 Å². The molecule has 1 aliphatic heterocycles. The average Bonchev–Trinajstić information content (AvgIpc) is 2.72. The lowest BCUT2D eigenvalue weighted by atomic mass is 10.1. The summed E-state index contributed by atoms with van der Waals surface area (Å²) in [7, 11) is 0. The minimum absolute atomic E-state index is 0.203. The van der Waals surface area contributed by atoms with Crippen molar-refractivity contribution in [2.45, 2.75) is 32.9 Å². The van der Waals surface area contributed by atoms with E-state index in [1.54, 1.807) is 4.90 Å². The van der Waals surface area contributed by atoms with E-state index in [0.717, 1.165) is 17.3 Å². The van der Waals surface area contributed by atoms with E-state index in [1.807, 2.05) is 6.07 Å². The number of fused-ring (bicyclic) bond motifs is 1. The summed E-state index contributed by atoms with van der Waals surface area (Å²) in [6.45, 7) is 3.91. The van der Waals surface area contributed by atoms with Gasteiger partial charge < -0.3 is 4.74 Å². The molecule has 17 heavy (non-hydrogen) atoms. The Labute approximate surface area is 110 Å². The van der Waals surface area contributed by atoms with Gasteiger partial charge in [-0.1, -0.05) is 35.3 Å². The Morgan fingerprint density at radius 2 is 2.18 bits per heavy atom. The maximum atomic E-state index is 11.8. The van der Waals surface area contributed by atoms with Crippen molar-refractivity contribution in [1.82, 2.24) is 4.90 Å². The number of hydrogen-bond donors (Lipinski definition) is 0. The van der Waals surface area contributed by atoms with Gasteiger partial charge in [0, 0.05) is 17.6 Å². The first-order chi connectivity index (χ1) is 8.20. The summed E-state index contributed by atoms with van der Waals surface area (Å²) in [6, 6.07) is 6.12. The Kier molecular flexibility index (Phi) is 4.05. The van der Waals surface area contributed by atoms with E-state index in [4.69, 9.17) is 4.74 Å². The van der Waals surface area contributed by atoms with Crippen molar-refractivity contribution in [3.05, 3.63) is 33.8 Å². The van der Waals surface area contributed by atoms with Gasteiger partial charge in [0.05, 0.1) is 6.61 Å². The zero-order valence-electron chi connectivity index (χ0n) is 9.91. The SMILES string of the molecule is CCCCOC(=O)N1Cc2ccc(Br)cc2C1. The molecule has 0 N–H and O–H groups in total. The van der Waals surface area contributed by atoms with Crippen LogP contribution in [0, 0.1) is 0 Å². The molecule has 4 heteroatoms. The summed E-state index contributed by atoms with van der Waals surface area (Å²) < 4.78 is 6.26. The van der Waals surface area contributed by atoms with Gasteiger partial charge in [-0.25, -0.2) is 4.79 Å².